The number of aromatic nitrogens is 3. The number of nitrogens with zero attached hydrogens (tertiary/aromatic N) is 3. The summed E-state index contributed by atoms with van der Waals surface area (Å²) in [7, 11) is 0. The zero-order valence-electron chi connectivity index (χ0n) is 9.69. The number of halogens is 3. The number of ether oxygens (including phenoxy) is 1. The summed E-state index contributed by atoms with van der Waals surface area (Å²) in [6.07, 6.45) is 0. The summed E-state index contributed by atoms with van der Waals surface area (Å²) in [6.45, 7) is 3.80. The van der Waals surface area contributed by atoms with E-state index in [0.29, 0.717) is 4.73 Å². The summed E-state index contributed by atoms with van der Waals surface area (Å²) in [6, 6.07) is 3.52. The molecule has 1 heterocycles. The van der Waals surface area contributed by atoms with E-state index in [0.717, 1.165) is 12.1 Å². The molecule has 0 N–H and O–H groups in total. The normalized spacial score (nSPS) is 11.0. The number of benzene rings is 1. The minimum atomic E-state index is -0.970. The number of rotatable bonds is 3. The van der Waals surface area contributed by atoms with Gasteiger partial charge in [-0.25, -0.2) is 13.5 Å². The monoisotopic (exact) mass is 317 g/mol. The summed E-state index contributed by atoms with van der Waals surface area (Å²) >= 11 is 3.13. The van der Waals surface area contributed by atoms with Crippen molar-refractivity contribution in [3.63, 3.8) is 0 Å². The lowest BCUT2D eigenvalue weighted by Crippen LogP contribution is -2.05. The molecule has 0 bridgehead atoms. The molecular weight excluding hydrogens is 308 g/mol. The van der Waals surface area contributed by atoms with Crippen molar-refractivity contribution in [2.75, 3.05) is 0 Å². The molecule has 0 amide bonds. The van der Waals surface area contributed by atoms with Crippen molar-refractivity contribution in [1.29, 1.82) is 0 Å². The first-order valence-electron chi connectivity index (χ1n) is 5.22. The van der Waals surface area contributed by atoms with Crippen LogP contribution >= 0.6 is 15.9 Å². The molecule has 0 aliphatic carbocycles. The van der Waals surface area contributed by atoms with Crippen molar-refractivity contribution >= 4 is 15.9 Å². The maximum Gasteiger partial charge on any atom is 0.321 e. The van der Waals surface area contributed by atoms with Crippen LogP contribution in [-0.2, 0) is 0 Å². The first-order chi connectivity index (χ1) is 8.47. The average Bonchev–Trinajstić information content (AvgIpc) is 2.65. The Bertz CT molecular complexity index is 571. The van der Waals surface area contributed by atoms with Crippen molar-refractivity contribution in [3.8, 4) is 11.8 Å². The Hall–Kier alpha value is -1.50. The molecule has 1 aromatic heterocycles. The van der Waals surface area contributed by atoms with Crippen LogP contribution in [-0.4, -0.2) is 14.8 Å². The van der Waals surface area contributed by atoms with Crippen LogP contribution in [0.1, 0.15) is 19.9 Å². The summed E-state index contributed by atoms with van der Waals surface area (Å²) in [5.74, 6) is -1.73. The lowest BCUT2D eigenvalue weighted by atomic mass is 10.3. The van der Waals surface area contributed by atoms with Crippen LogP contribution in [0.15, 0.2) is 22.9 Å². The first-order valence-corrected chi connectivity index (χ1v) is 6.01. The quantitative estimate of drug-likeness (QED) is 0.866. The van der Waals surface area contributed by atoms with Crippen molar-refractivity contribution in [1.82, 2.24) is 14.8 Å². The molecule has 96 valence electrons. The van der Waals surface area contributed by atoms with Gasteiger partial charge in [0.25, 0.3) is 0 Å². The van der Waals surface area contributed by atoms with Gasteiger partial charge in [-0.15, -0.1) is 5.10 Å². The summed E-state index contributed by atoms with van der Waals surface area (Å²) in [4.78, 5) is 4.01. The standard InChI is InChI=1S/C11H10BrF2N3O/c1-6(2)17-11(15-10(12)16-17)18-7-3-4-8(13)9(14)5-7/h3-6H,1-2H3. The Morgan fingerprint density at radius 1 is 1.28 bits per heavy atom. The van der Waals surface area contributed by atoms with Gasteiger partial charge in [-0.2, -0.15) is 4.98 Å². The zero-order chi connectivity index (χ0) is 13.3. The van der Waals surface area contributed by atoms with E-state index in [-0.39, 0.29) is 17.8 Å². The third kappa shape index (κ3) is 2.66. The Morgan fingerprint density at radius 3 is 2.61 bits per heavy atom. The molecule has 2 rings (SSSR count). The molecule has 0 radical (unpaired) electrons. The highest BCUT2D eigenvalue weighted by molar-refractivity contribution is 9.10. The number of hydrogen-bond donors (Lipinski definition) is 0. The molecule has 0 saturated heterocycles. The molecule has 0 spiro atoms. The second-order valence-corrected chi connectivity index (χ2v) is 4.59. The fourth-order valence-electron chi connectivity index (χ4n) is 1.34. The first kappa shape index (κ1) is 12.9. The van der Waals surface area contributed by atoms with Crippen LogP contribution in [0, 0.1) is 11.6 Å². The average molecular weight is 318 g/mol. The van der Waals surface area contributed by atoms with Crippen LogP contribution in [0.2, 0.25) is 0 Å². The molecule has 0 unspecified atom stereocenters. The predicted molar refractivity (Wildman–Crippen MR) is 64.5 cm³/mol. The Labute approximate surface area is 111 Å². The van der Waals surface area contributed by atoms with E-state index in [4.69, 9.17) is 4.74 Å². The molecule has 0 aliphatic rings. The van der Waals surface area contributed by atoms with Gasteiger partial charge >= 0.3 is 6.01 Å². The summed E-state index contributed by atoms with van der Waals surface area (Å²) in [5, 5.41) is 4.08. The molecule has 7 heteroatoms. The van der Waals surface area contributed by atoms with Gasteiger partial charge in [0.1, 0.15) is 5.75 Å². The van der Waals surface area contributed by atoms with Crippen molar-refractivity contribution in [3.05, 3.63) is 34.6 Å². The van der Waals surface area contributed by atoms with Crippen LogP contribution in [0.5, 0.6) is 11.8 Å². The fraction of sp³-hybridized carbons (Fsp3) is 0.273. The molecule has 0 aliphatic heterocycles. The van der Waals surface area contributed by atoms with Gasteiger partial charge in [0, 0.05) is 6.07 Å². The van der Waals surface area contributed by atoms with Crippen LogP contribution in [0.4, 0.5) is 8.78 Å². The maximum atomic E-state index is 13.0. The summed E-state index contributed by atoms with van der Waals surface area (Å²) < 4.78 is 33.1. The van der Waals surface area contributed by atoms with Crippen LogP contribution < -0.4 is 4.74 Å². The third-order valence-corrected chi connectivity index (χ3v) is 2.50. The molecule has 1 aromatic carbocycles. The van der Waals surface area contributed by atoms with Crippen LogP contribution in [0.25, 0.3) is 0 Å². The fourth-order valence-corrected chi connectivity index (χ4v) is 1.66. The molecular formula is C11H10BrF2N3O. The van der Waals surface area contributed by atoms with E-state index in [1.807, 2.05) is 13.8 Å². The second kappa shape index (κ2) is 5.01. The predicted octanol–water partition coefficient (Wildman–Crippen LogP) is 3.69. The van der Waals surface area contributed by atoms with Gasteiger partial charge in [-0.1, -0.05) is 0 Å². The minimum absolute atomic E-state index is 0.0316. The smallest absolute Gasteiger partial charge is 0.321 e. The zero-order valence-corrected chi connectivity index (χ0v) is 11.3. The Morgan fingerprint density at radius 2 is 2.00 bits per heavy atom. The molecule has 4 nitrogen and oxygen atoms in total. The molecule has 0 fully saturated rings. The van der Waals surface area contributed by atoms with Crippen molar-refractivity contribution in [2.45, 2.75) is 19.9 Å². The van der Waals surface area contributed by atoms with Gasteiger partial charge in [0.05, 0.1) is 6.04 Å². The highest BCUT2D eigenvalue weighted by Crippen LogP contribution is 2.25. The van der Waals surface area contributed by atoms with E-state index in [1.165, 1.54) is 10.7 Å². The lowest BCUT2D eigenvalue weighted by Gasteiger charge is -2.09. The molecule has 0 atom stereocenters. The van der Waals surface area contributed by atoms with E-state index < -0.39 is 11.6 Å². The van der Waals surface area contributed by atoms with E-state index >= 15 is 0 Å². The van der Waals surface area contributed by atoms with Gasteiger partial charge in [0.15, 0.2) is 11.6 Å². The molecule has 2 aromatic rings. The van der Waals surface area contributed by atoms with E-state index in [1.54, 1.807) is 0 Å². The van der Waals surface area contributed by atoms with Crippen LogP contribution in [0.3, 0.4) is 0 Å². The van der Waals surface area contributed by atoms with E-state index in [2.05, 4.69) is 26.0 Å². The Balaban J connectivity index is 2.30. The lowest BCUT2D eigenvalue weighted by molar-refractivity contribution is 0.373. The van der Waals surface area contributed by atoms with E-state index in [9.17, 15) is 8.78 Å². The maximum absolute atomic E-state index is 13.0. The molecule has 0 saturated carbocycles. The van der Waals surface area contributed by atoms with Crippen molar-refractivity contribution in [2.24, 2.45) is 0 Å². The van der Waals surface area contributed by atoms with Gasteiger partial charge < -0.3 is 4.74 Å². The van der Waals surface area contributed by atoms with Gasteiger partial charge in [0.2, 0.25) is 4.73 Å². The van der Waals surface area contributed by atoms with Gasteiger partial charge in [-0.05, 0) is 41.9 Å². The second-order valence-electron chi connectivity index (χ2n) is 3.88. The number of hydrogen-bond acceptors (Lipinski definition) is 3. The largest absolute Gasteiger partial charge is 0.424 e. The molecule has 18 heavy (non-hydrogen) atoms. The van der Waals surface area contributed by atoms with Gasteiger partial charge in [-0.3, -0.25) is 0 Å². The topological polar surface area (TPSA) is 39.9 Å². The minimum Gasteiger partial charge on any atom is -0.424 e. The van der Waals surface area contributed by atoms with Crippen molar-refractivity contribution < 1.29 is 13.5 Å². The highest BCUT2D eigenvalue weighted by Gasteiger charge is 2.14. The Kier molecular flexibility index (Phi) is 3.60. The highest BCUT2D eigenvalue weighted by atomic mass is 79.9. The third-order valence-electron chi connectivity index (χ3n) is 2.16. The summed E-state index contributed by atoms with van der Waals surface area (Å²) in [5.41, 5.74) is 0. The SMILES string of the molecule is CC(C)n1nc(Br)nc1Oc1ccc(F)c(F)c1.